The molecule has 0 heterocycles. The lowest BCUT2D eigenvalue weighted by Gasteiger charge is -2.20. The van der Waals surface area contributed by atoms with Gasteiger partial charge in [-0.2, -0.15) is 4.31 Å². The second-order valence-electron chi connectivity index (χ2n) is 4.81. The van der Waals surface area contributed by atoms with E-state index < -0.39 is 19.1 Å². The third kappa shape index (κ3) is 3.52. The molecule has 2 rings (SSSR count). The summed E-state index contributed by atoms with van der Waals surface area (Å²) in [6.45, 7) is 2.61. The molecule has 5 nitrogen and oxygen atoms in total. The fourth-order valence-electron chi connectivity index (χ4n) is 1.92. The highest BCUT2D eigenvalue weighted by Gasteiger charge is 2.31. The van der Waals surface area contributed by atoms with Gasteiger partial charge in [0.05, 0.1) is 9.79 Å². The lowest BCUT2D eigenvalue weighted by Crippen LogP contribution is -2.32. The van der Waals surface area contributed by atoms with Crippen LogP contribution in [0.15, 0.2) is 34.1 Å². The van der Waals surface area contributed by atoms with Crippen molar-refractivity contribution in [2.45, 2.75) is 29.6 Å². The molecule has 1 saturated carbocycles. The third-order valence-electron chi connectivity index (χ3n) is 3.24. The van der Waals surface area contributed by atoms with E-state index in [2.05, 4.69) is 0 Å². The number of sulfonamides is 1. The maximum atomic E-state index is 12.5. The first-order valence-electron chi connectivity index (χ1n) is 6.30. The Labute approximate surface area is 124 Å². The van der Waals surface area contributed by atoms with Crippen LogP contribution in [0.1, 0.15) is 19.8 Å². The quantitative estimate of drug-likeness (QED) is 0.745. The number of nitrogens with zero attached hydrogens (tertiary/aromatic N) is 1. The van der Waals surface area contributed by atoms with Crippen molar-refractivity contribution in [3.8, 4) is 0 Å². The molecule has 0 radical (unpaired) electrons. The number of halogens is 1. The van der Waals surface area contributed by atoms with E-state index in [0.29, 0.717) is 19.0 Å². The summed E-state index contributed by atoms with van der Waals surface area (Å²) in [5.41, 5.74) is 0. The van der Waals surface area contributed by atoms with E-state index in [4.69, 9.17) is 10.7 Å². The minimum Gasteiger partial charge on any atom is -0.207 e. The van der Waals surface area contributed by atoms with Gasteiger partial charge < -0.3 is 0 Å². The van der Waals surface area contributed by atoms with E-state index in [-0.39, 0.29) is 9.79 Å². The molecule has 20 heavy (non-hydrogen) atoms. The minimum absolute atomic E-state index is 0.0401. The first-order valence-corrected chi connectivity index (χ1v) is 10.0. The Morgan fingerprint density at radius 2 is 1.80 bits per heavy atom. The predicted octanol–water partition coefficient (Wildman–Crippen LogP) is 2.03. The molecule has 1 fully saturated rings. The molecule has 1 aromatic rings. The van der Waals surface area contributed by atoms with Crippen LogP contribution in [-0.2, 0) is 19.1 Å². The molecule has 0 saturated heterocycles. The molecule has 112 valence electrons. The molecule has 0 bridgehead atoms. The number of benzene rings is 1. The standard InChI is InChI=1S/C12H16ClNO4S2/c1-2-14(9-10-6-7-10)20(17,18)12-5-3-4-11(8-12)19(13,15)16/h3-5,8,10H,2,6-7,9H2,1H3. The zero-order valence-electron chi connectivity index (χ0n) is 11.0. The van der Waals surface area contributed by atoms with Gasteiger partial charge in [0, 0.05) is 23.8 Å². The monoisotopic (exact) mass is 337 g/mol. The Morgan fingerprint density at radius 1 is 1.20 bits per heavy atom. The predicted molar refractivity (Wildman–Crippen MR) is 76.6 cm³/mol. The van der Waals surface area contributed by atoms with Crippen molar-refractivity contribution >= 4 is 29.8 Å². The second-order valence-corrected chi connectivity index (χ2v) is 9.32. The zero-order chi connectivity index (χ0) is 15.0. The third-order valence-corrected chi connectivity index (χ3v) is 6.52. The van der Waals surface area contributed by atoms with Gasteiger partial charge in [0.1, 0.15) is 0 Å². The number of rotatable bonds is 6. The Kier molecular flexibility index (Phi) is 4.44. The average Bonchev–Trinajstić information content (AvgIpc) is 3.19. The van der Waals surface area contributed by atoms with Gasteiger partial charge in [-0.3, -0.25) is 0 Å². The van der Waals surface area contributed by atoms with Crippen LogP contribution in [0.2, 0.25) is 0 Å². The van der Waals surface area contributed by atoms with E-state index in [0.717, 1.165) is 18.9 Å². The van der Waals surface area contributed by atoms with Crippen LogP contribution in [0, 0.1) is 5.92 Å². The van der Waals surface area contributed by atoms with Gasteiger partial charge in [0.15, 0.2) is 0 Å². The summed E-state index contributed by atoms with van der Waals surface area (Å²) in [7, 11) is -2.37. The molecule has 0 amide bonds. The summed E-state index contributed by atoms with van der Waals surface area (Å²) in [6.07, 6.45) is 2.09. The van der Waals surface area contributed by atoms with Gasteiger partial charge >= 0.3 is 0 Å². The van der Waals surface area contributed by atoms with Crippen molar-refractivity contribution in [1.82, 2.24) is 4.31 Å². The Morgan fingerprint density at radius 3 is 2.30 bits per heavy atom. The van der Waals surface area contributed by atoms with Crippen molar-refractivity contribution in [3.05, 3.63) is 24.3 Å². The van der Waals surface area contributed by atoms with E-state index in [1.165, 1.54) is 22.5 Å². The maximum Gasteiger partial charge on any atom is 0.261 e. The van der Waals surface area contributed by atoms with Gasteiger partial charge in [-0.1, -0.05) is 13.0 Å². The molecular weight excluding hydrogens is 322 g/mol. The van der Waals surface area contributed by atoms with Gasteiger partial charge in [-0.15, -0.1) is 0 Å². The van der Waals surface area contributed by atoms with Crippen molar-refractivity contribution in [2.24, 2.45) is 5.92 Å². The molecule has 0 aliphatic heterocycles. The van der Waals surface area contributed by atoms with E-state index in [9.17, 15) is 16.8 Å². The first kappa shape index (κ1) is 15.8. The summed E-state index contributed by atoms with van der Waals surface area (Å²) in [5.74, 6) is 0.421. The van der Waals surface area contributed by atoms with Gasteiger partial charge in [0.25, 0.3) is 9.05 Å². The summed E-state index contributed by atoms with van der Waals surface area (Å²) in [6, 6.07) is 5.15. The largest absolute Gasteiger partial charge is 0.261 e. The fraction of sp³-hybridized carbons (Fsp3) is 0.500. The number of hydrogen-bond donors (Lipinski definition) is 0. The fourth-order valence-corrected chi connectivity index (χ4v) is 4.36. The van der Waals surface area contributed by atoms with Crippen LogP contribution >= 0.6 is 10.7 Å². The highest BCUT2D eigenvalue weighted by atomic mass is 35.7. The summed E-state index contributed by atoms with van der Waals surface area (Å²) in [5, 5.41) is 0. The molecule has 0 aromatic heterocycles. The zero-order valence-corrected chi connectivity index (χ0v) is 13.4. The van der Waals surface area contributed by atoms with Gasteiger partial charge in [0.2, 0.25) is 10.0 Å². The lowest BCUT2D eigenvalue weighted by atomic mass is 10.4. The SMILES string of the molecule is CCN(CC1CC1)S(=O)(=O)c1cccc(S(=O)(=O)Cl)c1. The molecule has 1 aliphatic rings. The lowest BCUT2D eigenvalue weighted by molar-refractivity contribution is 0.412. The van der Waals surface area contributed by atoms with Gasteiger partial charge in [-0.05, 0) is 37.0 Å². The molecule has 1 aromatic carbocycles. The smallest absolute Gasteiger partial charge is 0.207 e. The van der Waals surface area contributed by atoms with Crippen LogP contribution in [0.5, 0.6) is 0 Å². The Balaban J connectivity index is 2.37. The van der Waals surface area contributed by atoms with Crippen LogP contribution in [0.3, 0.4) is 0 Å². The first-order chi connectivity index (χ1) is 9.25. The average molecular weight is 338 g/mol. The van der Waals surface area contributed by atoms with Crippen molar-refractivity contribution < 1.29 is 16.8 Å². The van der Waals surface area contributed by atoms with Crippen LogP contribution < -0.4 is 0 Å². The number of hydrogen-bond acceptors (Lipinski definition) is 4. The molecule has 8 heteroatoms. The topological polar surface area (TPSA) is 71.5 Å². The van der Waals surface area contributed by atoms with Crippen LogP contribution in [0.4, 0.5) is 0 Å². The normalized spacial score (nSPS) is 16.6. The van der Waals surface area contributed by atoms with E-state index >= 15 is 0 Å². The molecule has 0 atom stereocenters. The Hall–Kier alpha value is -0.630. The molecular formula is C12H16ClNO4S2. The summed E-state index contributed by atoms with van der Waals surface area (Å²) >= 11 is 0. The van der Waals surface area contributed by atoms with E-state index in [1.54, 1.807) is 6.92 Å². The summed E-state index contributed by atoms with van der Waals surface area (Å²) in [4.78, 5) is -0.246. The molecule has 0 unspecified atom stereocenters. The van der Waals surface area contributed by atoms with Crippen molar-refractivity contribution in [1.29, 1.82) is 0 Å². The summed E-state index contributed by atoms with van der Waals surface area (Å²) < 4.78 is 49.0. The van der Waals surface area contributed by atoms with Crippen LogP contribution in [-0.4, -0.2) is 34.2 Å². The highest BCUT2D eigenvalue weighted by molar-refractivity contribution is 8.13. The van der Waals surface area contributed by atoms with Crippen molar-refractivity contribution in [3.63, 3.8) is 0 Å². The Bertz CT molecular complexity index is 696. The van der Waals surface area contributed by atoms with Gasteiger partial charge in [-0.25, -0.2) is 16.8 Å². The molecule has 0 N–H and O–H groups in total. The molecule has 0 spiro atoms. The van der Waals surface area contributed by atoms with Crippen LogP contribution in [0.25, 0.3) is 0 Å². The second kappa shape index (κ2) is 5.63. The minimum atomic E-state index is -3.94. The highest BCUT2D eigenvalue weighted by Crippen LogP contribution is 2.31. The van der Waals surface area contributed by atoms with E-state index in [1.807, 2.05) is 0 Å². The molecule has 1 aliphatic carbocycles. The maximum absolute atomic E-state index is 12.5. The van der Waals surface area contributed by atoms with Crippen molar-refractivity contribution in [2.75, 3.05) is 13.1 Å².